The number of benzene rings is 1. The van der Waals surface area contributed by atoms with Crippen LogP contribution in [0.3, 0.4) is 0 Å². The molecule has 0 spiro atoms. The molecule has 0 saturated heterocycles. The minimum atomic E-state index is 1.01. The first-order valence-corrected chi connectivity index (χ1v) is 7.07. The molecule has 0 unspecified atom stereocenters. The zero-order valence-electron chi connectivity index (χ0n) is 12.1. The fraction of sp³-hybridized carbons (Fsp3) is 0.375. The Morgan fingerprint density at radius 2 is 1.94 bits per heavy atom. The molecule has 1 nitrogen and oxygen atoms in total. The Bertz CT molecular complexity index is 472. The molecule has 0 aromatic heterocycles. The lowest BCUT2D eigenvalue weighted by atomic mass is 9.98. The molecule has 0 heterocycles. The van der Waals surface area contributed by atoms with Crippen LogP contribution in [0.1, 0.15) is 30.5 Å². The molecule has 0 aliphatic carbocycles. The van der Waals surface area contributed by atoms with Crippen molar-refractivity contribution >= 4 is 17.4 Å². The number of rotatable bonds is 5. The Labute approximate surface area is 115 Å². The summed E-state index contributed by atoms with van der Waals surface area (Å²) in [6, 6.07) is 4.51. The van der Waals surface area contributed by atoms with Crippen LogP contribution in [0.15, 0.2) is 34.6 Å². The third-order valence-electron chi connectivity index (χ3n) is 2.88. The SMILES string of the molecule is C=C(C)S/C=C(\C)Cc1cc(C)c(NC)cc1C. The summed E-state index contributed by atoms with van der Waals surface area (Å²) in [7, 11) is 1.97. The van der Waals surface area contributed by atoms with E-state index >= 15 is 0 Å². The van der Waals surface area contributed by atoms with Crippen molar-refractivity contribution in [1.82, 2.24) is 0 Å². The third-order valence-corrected chi connectivity index (χ3v) is 3.81. The van der Waals surface area contributed by atoms with Crippen LogP contribution < -0.4 is 5.32 Å². The molecule has 0 aliphatic heterocycles. The van der Waals surface area contributed by atoms with Crippen LogP contribution in [0.4, 0.5) is 5.69 Å². The van der Waals surface area contributed by atoms with Crippen molar-refractivity contribution < 1.29 is 0 Å². The van der Waals surface area contributed by atoms with Crippen LogP contribution in [-0.4, -0.2) is 7.05 Å². The lowest BCUT2D eigenvalue weighted by Gasteiger charge is -2.12. The minimum Gasteiger partial charge on any atom is -0.388 e. The highest BCUT2D eigenvalue weighted by Gasteiger charge is 2.04. The van der Waals surface area contributed by atoms with Gasteiger partial charge in [-0.25, -0.2) is 0 Å². The molecule has 1 rings (SSSR count). The van der Waals surface area contributed by atoms with Crippen molar-refractivity contribution in [3.63, 3.8) is 0 Å². The van der Waals surface area contributed by atoms with E-state index in [9.17, 15) is 0 Å². The highest BCUT2D eigenvalue weighted by Crippen LogP contribution is 2.24. The van der Waals surface area contributed by atoms with Crippen molar-refractivity contribution in [2.24, 2.45) is 0 Å². The van der Waals surface area contributed by atoms with Crippen LogP contribution in [-0.2, 0) is 6.42 Å². The Morgan fingerprint density at radius 3 is 2.50 bits per heavy atom. The summed E-state index contributed by atoms with van der Waals surface area (Å²) in [6.45, 7) is 12.4. The van der Waals surface area contributed by atoms with Gasteiger partial charge in [-0.1, -0.05) is 18.2 Å². The van der Waals surface area contributed by atoms with Gasteiger partial charge in [0.15, 0.2) is 0 Å². The molecule has 0 fully saturated rings. The van der Waals surface area contributed by atoms with Crippen molar-refractivity contribution in [3.05, 3.63) is 51.3 Å². The van der Waals surface area contributed by atoms with E-state index in [0.717, 1.165) is 11.3 Å². The van der Waals surface area contributed by atoms with E-state index in [1.54, 1.807) is 11.8 Å². The maximum Gasteiger partial charge on any atom is 0.0370 e. The molecule has 1 aromatic rings. The van der Waals surface area contributed by atoms with Gasteiger partial charge in [-0.15, -0.1) is 11.8 Å². The quantitative estimate of drug-likeness (QED) is 0.795. The number of thioether (sulfide) groups is 1. The predicted octanol–water partition coefficient (Wildman–Crippen LogP) is 5.06. The smallest absolute Gasteiger partial charge is 0.0370 e. The first kappa shape index (κ1) is 14.9. The van der Waals surface area contributed by atoms with Gasteiger partial charge in [-0.05, 0) is 67.2 Å². The normalized spacial score (nSPS) is 11.5. The van der Waals surface area contributed by atoms with Crippen molar-refractivity contribution in [1.29, 1.82) is 0 Å². The molecule has 2 heteroatoms. The second kappa shape index (κ2) is 6.69. The molecule has 0 radical (unpaired) electrons. The molecule has 0 atom stereocenters. The van der Waals surface area contributed by atoms with Crippen molar-refractivity contribution in [2.75, 3.05) is 12.4 Å². The lowest BCUT2D eigenvalue weighted by molar-refractivity contribution is 1.11. The molecule has 1 aromatic carbocycles. The first-order valence-electron chi connectivity index (χ1n) is 6.19. The highest BCUT2D eigenvalue weighted by molar-refractivity contribution is 8.05. The van der Waals surface area contributed by atoms with Gasteiger partial charge in [0.2, 0.25) is 0 Å². The van der Waals surface area contributed by atoms with Crippen LogP contribution >= 0.6 is 11.8 Å². The van der Waals surface area contributed by atoms with Gasteiger partial charge in [0.25, 0.3) is 0 Å². The monoisotopic (exact) mass is 261 g/mol. The Kier molecular flexibility index (Phi) is 5.54. The maximum absolute atomic E-state index is 3.90. The zero-order chi connectivity index (χ0) is 13.7. The molecule has 1 N–H and O–H groups in total. The van der Waals surface area contributed by atoms with Crippen molar-refractivity contribution in [3.8, 4) is 0 Å². The number of hydrogen-bond donors (Lipinski definition) is 1. The van der Waals surface area contributed by atoms with E-state index in [2.05, 4.69) is 50.2 Å². The van der Waals surface area contributed by atoms with Gasteiger partial charge in [0, 0.05) is 12.7 Å². The van der Waals surface area contributed by atoms with Crippen LogP contribution in [0.2, 0.25) is 0 Å². The number of aryl methyl sites for hydroxylation is 2. The van der Waals surface area contributed by atoms with E-state index in [-0.39, 0.29) is 0 Å². The molecule has 18 heavy (non-hydrogen) atoms. The number of hydrogen-bond acceptors (Lipinski definition) is 2. The van der Waals surface area contributed by atoms with E-state index in [1.807, 2.05) is 14.0 Å². The largest absolute Gasteiger partial charge is 0.388 e. The van der Waals surface area contributed by atoms with E-state index in [0.29, 0.717) is 0 Å². The summed E-state index contributed by atoms with van der Waals surface area (Å²) in [6.07, 6.45) is 1.01. The van der Waals surface area contributed by atoms with Crippen LogP contribution in [0, 0.1) is 13.8 Å². The second-order valence-corrected chi connectivity index (χ2v) is 5.97. The van der Waals surface area contributed by atoms with Gasteiger partial charge in [-0.2, -0.15) is 0 Å². The Hall–Kier alpha value is -1.15. The fourth-order valence-corrected chi connectivity index (χ4v) is 2.36. The Balaban J connectivity index is 2.88. The summed E-state index contributed by atoms with van der Waals surface area (Å²) in [5, 5.41) is 5.42. The van der Waals surface area contributed by atoms with Gasteiger partial charge < -0.3 is 5.32 Å². The van der Waals surface area contributed by atoms with E-state index in [1.165, 1.54) is 28.0 Å². The number of anilines is 1. The van der Waals surface area contributed by atoms with E-state index in [4.69, 9.17) is 0 Å². The fourth-order valence-electron chi connectivity index (χ4n) is 1.88. The summed E-state index contributed by atoms with van der Waals surface area (Å²) < 4.78 is 0. The van der Waals surface area contributed by atoms with Gasteiger partial charge in [0.1, 0.15) is 0 Å². The third kappa shape index (κ3) is 4.26. The van der Waals surface area contributed by atoms with Crippen molar-refractivity contribution in [2.45, 2.75) is 34.1 Å². The van der Waals surface area contributed by atoms with Crippen LogP contribution in [0.25, 0.3) is 0 Å². The molecule has 0 aliphatic rings. The zero-order valence-corrected chi connectivity index (χ0v) is 12.9. The average Bonchev–Trinajstić information content (AvgIpc) is 2.30. The number of nitrogens with one attached hydrogen (secondary N) is 1. The lowest BCUT2D eigenvalue weighted by Crippen LogP contribution is -1.97. The van der Waals surface area contributed by atoms with E-state index < -0.39 is 0 Å². The maximum atomic E-state index is 3.90. The second-order valence-electron chi connectivity index (χ2n) is 4.80. The minimum absolute atomic E-state index is 1.01. The highest BCUT2D eigenvalue weighted by atomic mass is 32.2. The van der Waals surface area contributed by atoms with Gasteiger partial charge in [-0.3, -0.25) is 0 Å². The first-order chi connectivity index (χ1) is 8.43. The topological polar surface area (TPSA) is 12.0 Å². The number of allylic oxidation sites excluding steroid dienone is 2. The Morgan fingerprint density at radius 1 is 1.28 bits per heavy atom. The molecule has 0 saturated carbocycles. The average molecular weight is 261 g/mol. The van der Waals surface area contributed by atoms with Gasteiger partial charge in [0.05, 0.1) is 0 Å². The standard InChI is InChI=1S/C16H23NS/c1-11(2)18-10-12(3)7-15-8-14(5)16(17-6)9-13(15)4/h8-10,17H,1,7H2,2-6H3/b12-10+. The summed E-state index contributed by atoms with van der Waals surface area (Å²) >= 11 is 1.71. The van der Waals surface area contributed by atoms with Crippen LogP contribution in [0.5, 0.6) is 0 Å². The summed E-state index contributed by atoms with van der Waals surface area (Å²) in [5.74, 6) is 0. The summed E-state index contributed by atoms with van der Waals surface area (Å²) in [4.78, 5) is 1.13. The molecular weight excluding hydrogens is 238 g/mol. The molecule has 0 bridgehead atoms. The molecule has 0 amide bonds. The van der Waals surface area contributed by atoms with Gasteiger partial charge >= 0.3 is 0 Å². The molecule has 98 valence electrons. The summed E-state index contributed by atoms with van der Waals surface area (Å²) in [5.41, 5.74) is 6.65. The predicted molar refractivity (Wildman–Crippen MR) is 85.3 cm³/mol. The molecular formula is C16H23NS.